The highest BCUT2D eigenvalue weighted by Crippen LogP contribution is 2.41. The summed E-state index contributed by atoms with van der Waals surface area (Å²) in [4.78, 5) is 10.7. The van der Waals surface area contributed by atoms with E-state index in [2.05, 4.69) is 27.9 Å². The fourth-order valence-corrected chi connectivity index (χ4v) is 4.21. The lowest BCUT2D eigenvalue weighted by Gasteiger charge is -2.10. The molecule has 4 nitrogen and oxygen atoms in total. The second kappa shape index (κ2) is 6.74. The highest BCUT2D eigenvalue weighted by molar-refractivity contribution is 7.14. The number of para-hydroxylation sites is 1. The van der Waals surface area contributed by atoms with Crippen LogP contribution in [0.25, 0.3) is 32.5 Å². The molecular weight excluding hydrogens is 352 g/mol. The van der Waals surface area contributed by atoms with Gasteiger partial charge in [0.2, 0.25) is 0 Å². The van der Waals surface area contributed by atoms with Gasteiger partial charge in [-0.15, -0.1) is 22.7 Å². The van der Waals surface area contributed by atoms with Crippen molar-refractivity contribution in [3.05, 3.63) is 53.2 Å². The molecule has 0 fully saturated rings. The van der Waals surface area contributed by atoms with Gasteiger partial charge >= 0.3 is 0 Å². The largest absolute Gasteiger partial charge is 0.493 e. The lowest BCUT2D eigenvalue weighted by Crippen LogP contribution is -1.94. The number of H-pyrrole nitrogens is 1. The molecule has 0 aliphatic heterocycles. The number of methoxy groups -OCH3 is 2. The maximum Gasteiger partial charge on any atom is 0.171 e. The molecule has 0 saturated carbocycles. The lowest BCUT2D eigenvalue weighted by molar-refractivity contribution is 0.356. The molecule has 6 heteroatoms. The van der Waals surface area contributed by atoms with Crippen LogP contribution >= 0.6 is 22.7 Å². The number of benzene rings is 1. The molecule has 25 heavy (non-hydrogen) atoms. The summed E-state index contributed by atoms with van der Waals surface area (Å²) in [6.45, 7) is 0. The Morgan fingerprint density at radius 1 is 0.880 bits per heavy atom. The number of hydrogen-bond donors (Lipinski definition) is 1. The van der Waals surface area contributed by atoms with Crippen LogP contribution in [-0.4, -0.2) is 24.2 Å². The first-order valence-corrected chi connectivity index (χ1v) is 9.47. The first-order valence-electron chi connectivity index (χ1n) is 7.71. The van der Waals surface area contributed by atoms with Crippen LogP contribution in [0, 0.1) is 0 Å². The van der Waals surface area contributed by atoms with E-state index in [1.165, 1.54) is 0 Å². The molecule has 0 saturated heterocycles. The van der Waals surface area contributed by atoms with Crippen molar-refractivity contribution < 1.29 is 9.47 Å². The van der Waals surface area contributed by atoms with E-state index in [1.54, 1.807) is 36.9 Å². The van der Waals surface area contributed by atoms with E-state index in [-0.39, 0.29) is 0 Å². The van der Waals surface area contributed by atoms with Crippen LogP contribution < -0.4 is 9.47 Å². The number of imidazole rings is 1. The Bertz CT molecular complexity index is 921. The van der Waals surface area contributed by atoms with Crippen molar-refractivity contribution in [2.45, 2.75) is 0 Å². The number of hydrogen-bond acceptors (Lipinski definition) is 5. The van der Waals surface area contributed by atoms with Gasteiger partial charge in [0.1, 0.15) is 11.5 Å². The zero-order valence-corrected chi connectivity index (χ0v) is 15.4. The third kappa shape index (κ3) is 2.83. The van der Waals surface area contributed by atoms with E-state index in [9.17, 15) is 0 Å². The van der Waals surface area contributed by atoms with Gasteiger partial charge < -0.3 is 14.5 Å². The molecule has 3 heterocycles. The Hall–Kier alpha value is -2.57. The molecule has 0 spiro atoms. The molecule has 0 amide bonds. The molecule has 4 aromatic rings. The van der Waals surface area contributed by atoms with Gasteiger partial charge in [0.15, 0.2) is 11.5 Å². The number of aromatic amines is 1. The second-order valence-corrected chi connectivity index (χ2v) is 7.20. The number of nitrogens with zero attached hydrogens (tertiary/aromatic N) is 1. The van der Waals surface area contributed by atoms with Crippen LogP contribution in [0.15, 0.2) is 53.2 Å². The summed E-state index contributed by atoms with van der Waals surface area (Å²) in [7, 11) is 3.28. The van der Waals surface area contributed by atoms with Gasteiger partial charge in [-0.2, -0.15) is 0 Å². The van der Waals surface area contributed by atoms with Crippen molar-refractivity contribution in [3.63, 3.8) is 0 Å². The molecule has 3 aromatic heterocycles. The van der Waals surface area contributed by atoms with Crippen LogP contribution in [0.3, 0.4) is 0 Å². The van der Waals surface area contributed by atoms with E-state index in [1.807, 2.05) is 30.3 Å². The number of thiophene rings is 2. The van der Waals surface area contributed by atoms with E-state index in [0.717, 1.165) is 32.5 Å². The summed E-state index contributed by atoms with van der Waals surface area (Å²) < 4.78 is 11.0. The topological polar surface area (TPSA) is 47.1 Å². The Kier molecular flexibility index (Phi) is 4.29. The fraction of sp³-hybridized carbons (Fsp3) is 0.105. The van der Waals surface area contributed by atoms with Crippen molar-refractivity contribution in [2.24, 2.45) is 0 Å². The van der Waals surface area contributed by atoms with Crippen LogP contribution in [0.2, 0.25) is 0 Å². The van der Waals surface area contributed by atoms with Crippen LogP contribution in [0.4, 0.5) is 0 Å². The monoisotopic (exact) mass is 368 g/mol. The Labute approximate surface area is 153 Å². The summed E-state index contributed by atoms with van der Waals surface area (Å²) >= 11 is 3.37. The summed E-state index contributed by atoms with van der Waals surface area (Å²) in [6.07, 6.45) is 0. The van der Waals surface area contributed by atoms with E-state index in [4.69, 9.17) is 14.5 Å². The predicted octanol–water partition coefficient (Wildman–Crippen LogP) is 5.55. The van der Waals surface area contributed by atoms with E-state index < -0.39 is 0 Å². The lowest BCUT2D eigenvalue weighted by atomic mass is 10.1. The van der Waals surface area contributed by atoms with Crippen molar-refractivity contribution >= 4 is 22.7 Å². The minimum Gasteiger partial charge on any atom is -0.493 e. The fourth-order valence-electron chi connectivity index (χ4n) is 2.77. The third-order valence-corrected chi connectivity index (χ3v) is 5.65. The van der Waals surface area contributed by atoms with Crippen molar-refractivity contribution in [3.8, 4) is 44.0 Å². The first kappa shape index (κ1) is 15.9. The minimum atomic E-state index is 0.675. The maximum atomic E-state index is 5.57. The molecule has 0 bridgehead atoms. The average Bonchev–Trinajstić information content (AvgIpc) is 3.40. The quantitative estimate of drug-likeness (QED) is 0.502. The number of aromatic nitrogens is 2. The van der Waals surface area contributed by atoms with Gasteiger partial charge in [-0.05, 0) is 35.0 Å². The van der Waals surface area contributed by atoms with E-state index in [0.29, 0.717) is 11.5 Å². The second-order valence-electron chi connectivity index (χ2n) is 5.30. The van der Waals surface area contributed by atoms with Gasteiger partial charge in [-0.25, -0.2) is 4.98 Å². The SMILES string of the molecule is COc1cccc(-c2nc(-c3cccs3)c(-c3cccs3)[nH]2)c1OC. The molecule has 0 atom stereocenters. The van der Waals surface area contributed by atoms with Crippen LogP contribution in [0.5, 0.6) is 11.5 Å². The predicted molar refractivity (Wildman–Crippen MR) is 104 cm³/mol. The van der Waals surface area contributed by atoms with Crippen molar-refractivity contribution in [1.82, 2.24) is 9.97 Å². The molecule has 126 valence electrons. The third-order valence-electron chi connectivity index (χ3n) is 3.88. The number of ether oxygens (including phenoxy) is 2. The number of rotatable bonds is 5. The summed E-state index contributed by atoms with van der Waals surface area (Å²) in [5, 5.41) is 4.13. The molecule has 0 radical (unpaired) electrons. The van der Waals surface area contributed by atoms with Crippen LogP contribution in [0.1, 0.15) is 0 Å². The summed E-state index contributed by atoms with van der Waals surface area (Å²) in [5.41, 5.74) is 2.86. The van der Waals surface area contributed by atoms with Gasteiger partial charge in [-0.1, -0.05) is 18.2 Å². The Morgan fingerprint density at radius 2 is 1.64 bits per heavy atom. The Morgan fingerprint density at radius 3 is 2.28 bits per heavy atom. The average molecular weight is 368 g/mol. The molecule has 0 unspecified atom stereocenters. The minimum absolute atomic E-state index is 0.675. The molecular formula is C19H16N2O2S2. The highest BCUT2D eigenvalue weighted by Gasteiger charge is 2.20. The first-order chi connectivity index (χ1) is 12.3. The zero-order chi connectivity index (χ0) is 17.2. The van der Waals surface area contributed by atoms with Gasteiger partial charge in [0.25, 0.3) is 0 Å². The smallest absolute Gasteiger partial charge is 0.171 e. The van der Waals surface area contributed by atoms with Crippen LogP contribution in [-0.2, 0) is 0 Å². The maximum absolute atomic E-state index is 5.57. The molecule has 0 aliphatic rings. The molecule has 0 aliphatic carbocycles. The van der Waals surface area contributed by atoms with Gasteiger partial charge in [0, 0.05) is 0 Å². The normalized spacial score (nSPS) is 10.8. The van der Waals surface area contributed by atoms with E-state index >= 15 is 0 Å². The molecule has 1 N–H and O–H groups in total. The summed E-state index contributed by atoms with van der Waals surface area (Å²) in [5.74, 6) is 2.13. The number of nitrogens with one attached hydrogen (secondary N) is 1. The highest BCUT2D eigenvalue weighted by atomic mass is 32.1. The van der Waals surface area contributed by atoms with Gasteiger partial charge in [0.05, 0.1) is 35.2 Å². The van der Waals surface area contributed by atoms with Gasteiger partial charge in [-0.3, -0.25) is 0 Å². The van der Waals surface area contributed by atoms with Crippen molar-refractivity contribution in [2.75, 3.05) is 14.2 Å². The zero-order valence-electron chi connectivity index (χ0n) is 13.8. The molecule has 1 aromatic carbocycles. The molecule has 4 rings (SSSR count). The standard InChI is InChI=1S/C19H16N2O2S2/c1-22-13-7-3-6-12(18(13)23-2)19-20-16(14-8-4-10-24-14)17(21-19)15-9-5-11-25-15/h3-11H,1-2H3,(H,20,21). The summed E-state index contributed by atoms with van der Waals surface area (Å²) in [6, 6.07) is 14.1. The Balaban J connectivity index is 1.92. The van der Waals surface area contributed by atoms with Crippen molar-refractivity contribution in [1.29, 1.82) is 0 Å².